The Morgan fingerprint density at radius 3 is 1.68 bits per heavy atom. The fraction of sp³-hybridized carbons (Fsp3) is 0.0303. The van der Waals surface area contributed by atoms with Crippen molar-refractivity contribution in [3.8, 4) is 55.6 Å². The molecule has 1 heterocycles. The van der Waals surface area contributed by atoms with Gasteiger partial charge in [0.15, 0.2) is 0 Å². The van der Waals surface area contributed by atoms with Crippen molar-refractivity contribution in [3.63, 3.8) is 0 Å². The molecule has 0 spiro atoms. The molecule has 0 saturated carbocycles. The molecule has 2 heteroatoms. The Hall–Kier alpha value is -8.72. The summed E-state index contributed by atoms with van der Waals surface area (Å²) in [7, 11) is 0. The standard InChI is InChI=1S/C66H45NO/c1-66(49-21-6-3-7-22-49)60-30-11-8-23-54(60)55-42-37-48(43-61(55)66)44-33-38-50(39-34-44)67(51-40-35-46(36-41-51)53-27-16-29-59-57-25-10-13-32-63(57)68-65(53)59)62-31-12-9-24-56(62)58-28-15-20-47-19-14-26-52(64(47)58)45-17-4-2-5-18-45/h2-43H,1H3. The normalized spacial score (nSPS) is 14.0. The van der Waals surface area contributed by atoms with Crippen molar-refractivity contribution >= 4 is 49.8 Å². The zero-order valence-electron chi connectivity index (χ0n) is 37.6. The first-order chi connectivity index (χ1) is 33.6. The second kappa shape index (κ2) is 16.0. The molecule has 2 nitrogen and oxygen atoms in total. The van der Waals surface area contributed by atoms with Crippen molar-refractivity contribution in [1.82, 2.24) is 0 Å². The molecular weight excluding hydrogens is 823 g/mol. The summed E-state index contributed by atoms with van der Waals surface area (Å²) in [5.41, 5.74) is 20.7. The van der Waals surface area contributed by atoms with E-state index >= 15 is 0 Å². The fourth-order valence-electron chi connectivity index (χ4n) is 11.1. The molecule has 320 valence electrons. The maximum Gasteiger partial charge on any atom is 0.143 e. The third kappa shape index (κ3) is 6.33. The van der Waals surface area contributed by atoms with E-state index in [1.807, 2.05) is 12.1 Å². The Labute approximate surface area is 396 Å². The summed E-state index contributed by atoms with van der Waals surface area (Å²) in [6.45, 7) is 2.39. The lowest BCUT2D eigenvalue weighted by Gasteiger charge is -2.29. The molecule has 13 rings (SSSR count). The first-order valence-corrected chi connectivity index (χ1v) is 23.5. The third-order valence-electron chi connectivity index (χ3n) is 14.4. The van der Waals surface area contributed by atoms with Crippen molar-refractivity contribution in [2.45, 2.75) is 12.3 Å². The van der Waals surface area contributed by atoms with Gasteiger partial charge in [0.2, 0.25) is 0 Å². The second-order valence-corrected chi connectivity index (χ2v) is 18.1. The number of anilines is 3. The fourth-order valence-corrected chi connectivity index (χ4v) is 11.1. The van der Waals surface area contributed by atoms with Gasteiger partial charge in [0.25, 0.3) is 0 Å². The molecule has 1 aliphatic rings. The highest BCUT2D eigenvalue weighted by Crippen LogP contribution is 2.53. The molecule has 0 amide bonds. The lowest BCUT2D eigenvalue weighted by molar-refractivity contribution is 0.670. The number of hydrogen-bond donors (Lipinski definition) is 0. The van der Waals surface area contributed by atoms with Crippen LogP contribution in [0.5, 0.6) is 0 Å². The van der Waals surface area contributed by atoms with Crippen LogP contribution in [0.2, 0.25) is 0 Å². The van der Waals surface area contributed by atoms with E-state index in [2.05, 4.69) is 254 Å². The lowest BCUT2D eigenvalue weighted by atomic mass is 9.74. The van der Waals surface area contributed by atoms with Crippen molar-refractivity contribution in [2.75, 3.05) is 4.90 Å². The van der Waals surface area contributed by atoms with Crippen LogP contribution < -0.4 is 4.90 Å². The van der Waals surface area contributed by atoms with Crippen LogP contribution in [-0.2, 0) is 5.41 Å². The Morgan fingerprint density at radius 2 is 0.897 bits per heavy atom. The third-order valence-corrected chi connectivity index (χ3v) is 14.4. The predicted molar refractivity (Wildman–Crippen MR) is 285 cm³/mol. The van der Waals surface area contributed by atoms with Gasteiger partial charge in [-0.05, 0) is 121 Å². The van der Waals surface area contributed by atoms with Crippen LogP contribution in [0.4, 0.5) is 17.1 Å². The van der Waals surface area contributed by atoms with Crippen LogP contribution in [0.25, 0.3) is 88.3 Å². The summed E-state index contributed by atoms with van der Waals surface area (Å²) >= 11 is 0. The molecule has 0 aliphatic heterocycles. The Kier molecular flexibility index (Phi) is 9.33. The van der Waals surface area contributed by atoms with Crippen LogP contribution in [0.3, 0.4) is 0 Å². The minimum Gasteiger partial charge on any atom is -0.455 e. The largest absolute Gasteiger partial charge is 0.455 e. The van der Waals surface area contributed by atoms with Gasteiger partial charge in [0, 0.05) is 38.7 Å². The average Bonchev–Trinajstić information content (AvgIpc) is 3.92. The number of benzene rings is 11. The molecule has 0 fully saturated rings. The minimum atomic E-state index is -0.270. The zero-order valence-corrected chi connectivity index (χ0v) is 37.6. The number of furan rings is 1. The molecule has 12 aromatic rings. The second-order valence-electron chi connectivity index (χ2n) is 18.1. The quantitative estimate of drug-likeness (QED) is 0.151. The van der Waals surface area contributed by atoms with Crippen LogP contribution in [0.15, 0.2) is 259 Å². The summed E-state index contributed by atoms with van der Waals surface area (Å²) in [6.07, 6.45) is 0. The van der Waals surface area contributed by atoms with Crippen LogP contribution in [0, 0.1) is 0 Å². The SMILES string of the molecule is CC1(c2ccccc2)c2ccccc2-c2ccc(-c3ccc(N(c4ccc(-c5cccc6c5oc5ccccc56)cc4)c4ccccc4-c4cccc5cccc(-c6ccccc6)c45)cc3)cc21. The van der Waals surface area contributed by atoms with Crippen LogP contribution >= 0.6 is 0 Å². The molecule has 11 aromatic carbocycles. The molecule has 68 heavy (non-hydrogen) atoms. The average molecular weight is 868 g/mol. The van der Waals surface area contributed by atoms with E-state index in [4.69, 9.17) is 4.42 Å². The number of hydrogen-bond acceptors (Lipinski definition) is 2. The van der Waals surface area contributed by atoms with Gasteiger partial charge in [-0.25, -0.2) is 0 Å². The Bertz CT molecular complexity index is 3840. The highest BCUT2D eigenvalue weighted by Gasteiger charge is 2.40. The van der Waals surface area contributed by atoms with Crippen molar-refractivity contribution in [1.29, 1.82) is 0 Å². The van der Waals surface area contributed by atoms with E-state index in [0.717, 1.165) is 55.7 Å². The van der Waals surface area contributed by atoms with Crippen molar-refractivity contribution in [2.24, 2.45) is 0 Å². The zero-order chi connectivity index (χ0) is 45.2. The van der Waals surface area contributed by atoms with Crippen LogP contribution in [0.1, 0.15) is 23.6 Å². The van der Waals surface area contributed by atoms with Gasteiger partial charge in [0.05, 0.1) is 5.69 Å². The Morgan fingerprint density at radius 1 is 0.353 bits per heavy atom. The van der Waals surface area contributed by atoms with Gasteiger partial charge in [-0.1, -0.05) is 212 Å². The summed E-state index contributed by atoms with van der Waals surface area (Å²) in [5.74, 6) is 0. The van der Waals surface area contributed by atoms with Gasteiger partial charge >= 0.3 is 0 Å². The van der Waals surface area contributed by atoms with E-state index in [0.29, 0.717) is 0 Å². The summed E-state index contributed by atoms with van der Waals surface area (Å²) < 4.78 is 6.51. The molecule has 0 radical (unpaired) electrons. The van der Waals surface area contributed by atoms with Crippen molar-refractivity contribution < 1.29 is 4.42 Å². The minimum absolute atomic E-state index is 0.270. The molecule has 0 saturated heterocycles. The highest BCUT2D eigenvalue weighted by atomic mass is 16.3. The van der Waals surface area contributed by atoms with Gasteiger partial charge in [-0.3, -0.25) is 0 Å². The molecule has 1 unspecified atom stereocenters. The molecule has 0 N–H and O–H groups in total. The van der Waals surface area contributed by atoms with E-state index < -0.39 is 0 Å². The van der Waals surface area contributed by atoms with Gasteiger partial charge in [-0.15, -0.1) is 0 Å². The van der Waals surface area contributed by atoms with E-state index in [1.54, 1.807) is 0 Å². The summed E-state index contributed by atoms with van der Waals surface area (Å²) in [4.78, 5) is 2.42. The van der Waals surface area contributed by atoms with E-state index in [9.17, 15) is 0 Å². The number of fused-ring (bicyclic) bond motifs is 7. The number of rotatable bonds is 8. The molecule has 1 aliphatic carbocycles. The molecule has 1 aromatic heterocycles. The molecule has 1 atom stereocenters. The monoisotopic (exact) mass is 867 g/mol. The smallest absolute Gasteiger partial charge is 0.143 e. The molecular formula is C66H45NO. The van der Waals surface area contributed by atoms with Gasteiger partial charge < -0.3 is 9.32 Å². The van der Waals surface area contributed by atoms with E-state index in [-0.39, 0.29) is 5.41 Å². The van der Waals surface area contributed by atoms with Crippen LogP contribution in [-0.4, -0.2) is 0 Å². The predicted octanol–water partition coefficient (Wildman–Crippen LogP) is 18.2. The first kappa shape index (κ1) is 39.6. The topological polar surface area (TPSA) is 16.4 Å². The van der Waals surface area contributed by atoms with Gasteiger partial charge in [-0.2, -0.15) is 0 Å². The number of nitrogens with zero attached hydrogens (tertiary/aromatic N) is 1. The van der Waals surface area contributed by atoms with Crippen molar-refractivity contribution in [3.05, 3.63) is 271 Å². The maximum absolute atomic E-state index is 6.51. The highest BCUT2D eigenvalue weighted by molar-refractivity contribution is 6.10. The first-order valence-electron chi connectivity index (χ1n) is 23.5. The number of para-hydroxylation sites is 3. The lowest BCUT2D eigenvalue weighted by Crippen LogP contribution is -2.22. The van der Waals surface area contributed by atoms with Gasteiger partial charge in [0.1, 0.15) is 11.2 Å². The summed E-state index contributed by atoms with van der Waals surface area (Å²) in [6, 6.07) is 92.7. The van der Waals surface area contributed by atoms with E-state index in [1.165, 1.54) is 66.4 Å². The molecule has 0 bridgehead atoms. The maximum atomic E-state index is 6.51. The Balaban J connectivity index is 0.956. The summed E-state index contributed by atoms with van der Waals surface area (Å²) in [5, 5.41) is 4.70.